The van der Waals surface area contributed by atoms with E-state index in [1.54, 1.807) is 18.2 Å². The SMILES string of the molecule is O=c1[nH]c(/C=C/c2ccc(Cl)cc2)nc2[nH]ncc12. The van der Waals surface area contributed by atoms with Crippen LogP contribution in [0.15, 0.2) is 35.3 Å². The molecule has 0 spiro atoms. The standard InChI is InChI=1S/C13H9ClN4O/c14-9-4-1-8(2-5-9)3-6-11-16-12-10(7-15-18-12)13(19)17-11/h1-7H,(H2,15,16,17,18,19)/b6-3+. The number of hydrogen-bond donors (Lipinski definition) is 2. The maximum Gasteiger partial charge on any atom is 0.262 e. The van der Waals surface area contributed by atoms with E-state index in [4.69, 9.17) is 11.6 Å². The van der Waals surface area contributed by atoms with Crippen molar-refractivity contribution in [2.45, 2.75) is 0 Å². The summed E-state index contributed by atoms with van der Waals surface area (Å²) in [4.78, 5) is 18.6. The molecule has 3 aromatic rings. The van der Waals surface area contributed by atoms with E-state index in [2.05, 4.69) is 20.2 Å². The lowest BCUT2D eigenvalue weighted by Gasteiger charge is -1.95. The molecule has 94 valence electrons. The van der Waals surface area contributed by atoms with E-state index in [0.29, 0.717) is 21.9 Å². The molecular formula is C13H9ClN4O. The molecule has 0 unspecified atom stereocenters. The van der Waals surface area contributed by atoms with Crippen LogP contribution in [-0.4, -0.2) is 20.2 Å². The molecule has 3 rings (SSSR count). The number of benzene rings is 1. The van der Waals surface area contributed by atoms with Crippen molar-refractivity contribution < 1.29 is 0 Å². The fourth-order valence-corrected chi connectivity index (χ4v) is 1.82. The Morgan fingerprint density at radius 1 is 1.16 bits per heavy atom. The number of aromatic amines is 2. The molecule has 2 N–H and O–H groups in total. The summed E-state index contributed by atoms with van der Waals surface area (Å²) >= 11 is 5.81. The van der Waals surface area contributed by atoms with Gasteiger partial charge in [0, 0.05) is 5.02 Å². The van der Waals surface area contributed by atoms with Gasteiger partial charge >= 0.3 is 0 Å². The Bertz CT molecular complexity index is 801. The molecule has 0 amide bonds. The molecule has 1 aromatic carbocycles. The highest BCUT2D eigenvalue weighted by molar-refractivity contribution is 6.30. The van der Waals surface area contributed by atoms with E-state index < -0.39 is 0 Å². The van der Waals surface area contributed by atoms with E-state index in [1.807, 2.05) is 18.2 Å². The Kier molecular flexibility index (Phi) is 2.89. The summed E-state index contributed by atoms with van der Waals surface area (Å²) in [6, 6.07) is 7.36. The van der Waals surface area contributed by atoms with Gasteiger partial charge in [0.05, 0.1) is 6.20 Å². The highest BCUT2D eigenvalue weighted by Crippen LogP contribution is 2.11. The first kappa shape index (κ1) is 11.7. The van der Waals surface area contributed by atoms with Crippen LogP contribution < -0.4 is 5.56 Å². The lowest BCUT2D eigenvalue weighted by Crippen LogP contribution is -2.08. The van der Waals surface area contributed by atoms with Gasteiger partial charge in [0.25, 0.3) is 5.56 Å². The number of aromatic nitrogens is 4. The molecule has 6 heteroatoms. The third-order valence-electron chi connectivity index (χ3n) is 2.64. The highest BCUT2D eigenvalue weighted by Gasteiger charge is 2.02. The zero-order chi connectivity index (χ0) is 13.2. The van der Waals surface area contributed by atoms with Crippen LogP contribution in [0.2, 0.25) is 5.02 Å². The minimum absolute atomic E-state index is 0.213. The van der Waals surface area contributed by atoms with Crippen molar-refractivity contribution in [2.24, 2.45) is 0 Å². The molecule has 2 aromatic heterocycles. The summed E-state index contributed by atoms with van der Waals surface area (Å²) in [6.07, 6.45) is 5.02. The second-order valence-electron chi connectivity index (χ2n) is 3.97. The second-order valence-corrected chi connectivity index (χ2v) is 4.40. The van der Waals surface area contributed by atoms with Gasteiger partial charge < -0.3 is 4.98 Å². The average molecular weight is 273 g/mol. The highest BCUT2D eigenvalue weighted by atomic mass is 35.5. The number of nitrogens with zero attached hydrogens (tertiary/aromatic N) is 2. The Morgan fingerprint density at radius 3 is 2.74 bits per heavy atom. The lowest BCUT2D eigenvalue weighted by atomic mass is 10.2. The van der Waals surface area contributed by atoms with Crippen molar-refractivity contribution >= 4 is 34.8 Å². The smallest absolute Gasteiger partial charge is 0.262 e. The van der Waals surface area contributed by atoms with Gasteiger partial charge in [0.2, 0.25) is 0 Å². The number of rotatable bonds is 2. The van der Waals surface area contributed by atoms with Crippen molar-refractivity contribution in [2.75, 3.05) is 0 Å². The third kappa shape index (κ3) is 2.41. The second kappa shape index (κ2) is 4.70. The largest absolute Gasteiger partial charge is 0.306 e. The van der Waals surface area contributed by atoms with Gasteiger partial charge in [-0.15, -0.1) is 0 Å². The topological polar surface area (TPSA) is 74.4 Å². The minimum Gasteiger partial charge on any atom is -0.306 e. The van der Waals surface area contributed by atoms with Crippen LogP contribution in [0.4, 0.5) is 0 Å². The predicted molar refractivity (Wildman–Crippen MR) is 74.9 cm³/mol. The monoisotopic (exact) mass is 272 g/mol. The predicted octanol–water partition coefficient (Wildman–Crippen LogP) is 2.47. The van der Waals surface area contributed by atoms with Crippen LogP contribution in [0, 0.1) is 0 Å². The summed E-state index contributed by atoms with van der Waals surface area (Å²) in [7, 11) is 0. The van der Waals surface area contributed by atoms with Gasteiger partial charge in [-0.05, 0) is 23.8 Å². The molecule has 0 bridgehead atoms. The van der Waals surface area contributed by atoms with E-state index >= 15 is 0 Å². The normalized spacial score (nSPS) is 11.4. The molecule has 0 aliphatic heterocycles. The lowest BCUT2D eigenvalue weighted by molar-refractivity contribution is 1.07. The Morgan fingerprint density at radius 2 is 1.95 bits per heavy atom. The molecule has 0 saturated carbocycles. The van der Waals surface area contributed by atoms with Crippen molar-refractivity contribution in [1.29, 1.82) is 0 Å². The van der Waals surface area contributed by atoms with E-state index in [9.17, 15) is 4.79 Å². The molecule has 0 fully saturated rings. The van der Waals surface area contributed by atoms with Crippen molar-refractivity contribution in [3.8, 4) is 0 Å². The fraction of sp³-hybridized carbons (Fsp3) is 0. The van der Waals surface area contributed by atoms with Crippen LogP contribution in [0.25, 0.3) is 23.2 Å². The molecule has 2 heterocycles. The Hall–Kier alpha value is -2.40. The first-order valence-corrected chi connectivity index (χ1v) is 5.97. The Labute approximate surface area is 113 Å². The first-order valence-electron chi connectivity index (χ1n) is 5.59. The molecule has 19 heavy (non-hydrogen) atoms. The Balaban J connectivity index is 1.96. The number of H-pyrrole nitrogens is 2. The summed E-state index contributed by atoms with van der Waals surface area (Å²) in [5.41, 5.74) is 1.23. The van der Waals surface area contributed by atoms with Gasteiger partial charge in [-0.2, -0.15) is 5.10 Å². The first-order chi connectivity index (χ1) is 9.22. The van der Waals surface area contributed by atoms with Crippen LogP contribution in [0.1, 0.15) is 11.4 Å². The zero-order valence-electron chi connectivity index (χ0n) is 9.72. The maximum atomic E-state index is 11.7. The van der Waals surface area contributed by atoms with Crippen LogP contribution in [0.3, 0.4) is 0 Å². The number of nitrogens with one attached hydrogen (secondary N) is 2. The van der Waals surface area contributed by atoms with E-state index in [-0.39, 0.29) is 5.56 Å². The van der Waals surface area contributed by atoms with Crippen molar-refractivity contribution in [3.05, 3.63) is 57.2 Å². The van der Waals surface area contributed by atoms with Crippen LogP contribution in [0.5, 0.6) is 0 Å². The zero-order valence-corrected chi connectivity index (χ0v) is 10.5. The quantitative estimate of drug-likeness (QED) is 0.752. The van der Waals surface area contributed by atoms with Crippen LogP contribution >= 0.6 is 11.6 Å². The molecule has 0 aliphatic carbocycles. The summed E-state index contributed by atoms with van der Waals surface area (Å²) in [6.45, 7) is 0. The molecule has 0 radical (unpaired) electrons. The van der Waals surface area contributed by atoms with Crippen molar-refractivity contribution in [3.63, 3.8) is 0 Å². The van der Waals surface area contributed by atoms with Gasteiger partial charge in [-0.1, -0.05) is 29.8 Å². The van der Waals surface area contributed by atoms with Gasteiger partial charge in [-0.3, -0.25) is 9.89 Å². The molecule has 0 aliphatic rings. The fourth-order valence-electron chi connectivity index (χ4n) is 1.69. The summed E-state index contributed by atoms with van der Waals surface area (Å²) < 4.78 is 0. The van der Waals surface area contributed by atoms with Crippen LogP contribution in [-0.2, 0) is 0 Å². The van der Waals surface area contributed by atoms with Gasteiger partial charge in [0.15, 0.2) is 5.65 Å². The molecular weight excluding hydrogens is 264 g/mol. The third-order valence-corrected chi connectivity index (χ3v) is 2.89. The van der Waals surface area contributed by atoms with E-state index in [0.717, 1.165) is 5.56 Å². The summed E-state index contributed by atoms with van der Waals surface area (Å²) in [5, 5.41) is 7.59. The number of halogens is 1. The van der Waals surface area contributed by atoms with Gasteiger partial charge in [-0.25, -0.2) is 4.98 Å². The summed E-state index contributed by atoms with van der Waals surface area (Å²) in [5.74, 6) is 0.469. The molecule has 0 atom stereocenters. The number of hydrogen-bond acceptors (Lipinski definition) is 3. The van der Waals surface area contributed by atoms with E-state index in [1.165, 1.54) is 6.20 Å². The molecule has 0 saturated heterocycles. The number of fused-ring (bicyclic) bond motifs is 1. The average Bonchev–Trinajstić information content (AvgIpc) is 2.87. The minimum atomic E-state index is -0.213. The van der Waals surface area contributed by atoms with Gasteiger partial charge in [0.1, 0.15) is 11.2 Å². The maximum absolute atomic E-state index is 11.7. The van der Waals surface area contributed by atoms with Crippen molar-refractivity contribution in [1.82, 2.24) is 20.2 Å². The molecule has 5 nitrogen and oxygen atoms in total.